The van der Waals surface area contributed by atoms with Crippen molar-refractivity contribution in [1.29, 1.82) is 0 Å². The Balaban J connectivity index is 1.73. The molecule has 0 aromatic carbocycles. The number of fused-ring (bicyclic) bond motifs is 2. The average Bonchev–Trinajstić information content (AvgIpc) is 3.15. The van der Waals surface area contributed by atoms with Gasteiger partial charge in [-0.15, -0.1) is 0 Å². The molecule has 0 radical (unpaired) electrons. The van der Waals surface area contributed by atoms with Gasteiger partial charge in [0, 0.05) is 25.0 Å². The molecule has 19 heavy (non-hydrogen) atoms. The third-order valence-electron chi connectivity index (χ3n) is 4.03. The van der Waals surface area contributed by atoms with E-state index in [-0.39, 0.29) is 5.95 Å². The first-order chi connectivity index (χ1) is 9.29. The molecule has 7 nitrogen and oxygen atoms in total. The summed E-state index contributed by atoms with van der Waals surface area (Å²) in [6, 6.07) is 0.572. The molecule has 2 unspecified atom stereocenters. The van der Waals surface area contributed by atoms with Crippen molar-refractivity contribution in [3.05, 3.63) is 18.7 Å². The summed E-state index contributed by atoms with van der Waals surface area (Å²) in [5, 5.41) is 0. The lowest BCUT2D eigenvalue weighted by Crippen LogP contribution is -2.33. The number of nitrogen functional groups attached to an aromatic ring is 1. The summed E-state index contributed by atoms with van der Waals surface area (Å²) in [4.78, 5) is 19.2. The molecule has 2 atom stereocenters. The molecule has 2 aromatic heterocycles. The van der Waals surface area contributed by atoms with Gasteiger partial charge >= 0.3 is 0 Å². The maximum Gasteiger partial charge on any atom is 0.241 e. The molecule has 2 aromatic rings. The van der Waals surface area contributed by atoms with Gasteiger partial charge in [0.2, 0.25) is 17.8 Å². The lowest BCUT2D eigenvalue weighted by molar-refractivity contribution is 0.545. The Bertz CT molecular complexity index is 594. The summed E-state index contributed by atoms with van der Waals surface area (Å²) in [5.74, 6) is 2.28. The van der Waals surface area contributed by atoms with Gasteiger partial charge in [-0.2, -0.15) is 15.0 Å². The van der Waals surface area contributed by atoms with Crippen molar-refractivity contribution >= 4 is 11.9 Å². The van der Waals surface area contributed by atoms with Crippen molar-refractivity contribution in [3.8, 4) is 5.95 Å². The molecule has 3 heterocycles. The number of nitrogens with zero attached hydrogens (tertiary/aromatic N) is 6. The molecule has 1 aliphatic carbocycles. The Hall–Kier alpha value is -2.18. The normalized spacial score (nSPS) is 25.2. The van der Waals surface area contributed by atoms with Crippen LogP contribution in [0.1, 0.15) is 19.3 Å². The molecule has 1 saturated heterocycles. The summed E-state index contributed by atoms with van der Waals surface area (Å²) < 4.78 is 1.75. The third kappa shape index (κ3) is 1.73. The first-order valence-electron chi connectivity index (χ1n) is 6.56. The van der Waals surface area contributed by atoms with Crippen LogP contribution in [0.25, 0.3) is 5.95 Å². The zero-order valence-corrected chi connectivity index (χ0v) is 10.5. The van der Waals surface area contributed by atoms with E-state index >= 15 is 0 Å². The highest BCUT2D eigenvalue weighted by molar-refractivity contribution is 5.41. The summed E-state index contributed by atoms with van der Waals surface area (Å²) in [5.41, 5.74) is 5.81. The number of imidazole rings is 1. The van der Waals surface area contributed by atoms with Crippen molar-refractivity contribution in [2.45, 2.75) is 25.3 Å². The molecular weight excluding hydrogens is 242 g/mol. The predicted octanol–water partition coefficient (Wildman–Crippen LogP) is 0.628. The van der Waals surface area contributed by atoms with E-state index < -0.39 is 0 Å². The molecule has 98 valence electrons. The highest BCUT2D eigenvalue weighted by Gasteiger charge is 2.39. The number of hydrogen-bond acceptors (Lipinski definition) is 6. The summed E-state index contributed by atoms with van der Waals surface area (Å²) in [7, 11) is 0. The van der Waals surface area contributed by atoms with Crippen LogP contribution >= 0.6 is 0 Å². The fourth-order valence-electron chi connectivity index (χ4n) is 3.16. The van der Waals surface area contributed by atoms with Gasteiger partial charge in [0.25, 0.3) is 0 Å². The van der Waals surface area contributed by atoms with Gasteiger partial charge in [-0.1, -0.05) is 0 Å². The van der Waals surface area contributed by atoms with Crippen LogP contribution in [0.2, 0.25) is 0 Å². The van der Waals surface area contributed by atoms with E-state index in [1.807, 2.05) is 0 Å². The van der Waals surface area contributed by atoms with Crippen LogP contribution in [0.4, 0.5) is 11.9 Å². The quantitative estimate of drug-likeness (QED) is 0.849. The van der Waals surface area contributed by atoms with E-state index in [1.54, 1.807) is 23.3 Å². The van der Waals surface area contributed by atoms with Crippen molar-refractivity contribution in [3.63, 3.8) is 0 Å². The lowest BCUT2D eigenvalue weighted by Gasteiger charge is -2.27. The first-order valence-corrected chi connectivity index (χ1v) is 6.56. The molecule has 2 N–H and O–H groups in total. The number of aromatic nitrogens is 5. The number of rotatable bonds is 2. The molecule has 0 amide bonds. The molecule has 2 bridgehead atoms. The second kappa shape index (κ2) is 3.91. The highest BCUT2D eigenvalue weighted by Crippen LogP contribution is 2.39. The number of piperidine rings is 1. The van der Waals surface area contributed by atoms with Crippen LogP contribution < -0.4 is 10.6 Å². The zero-order chi connectivity index (χ0) is 12.8. The predicted molar refractivity (Wildman–Crippen MR) is 69.8 cm³/mol. The first kappa shape index (κ1) is 10.7. The van der Waals surface area contributed by atoms with Crippen LogP contribution in [-0.4, -0.2) is 37.1 Å². The Labute approximate surface area is 110 Å². The molecule has 0 spiro atoms. The van der Waals surface area contributed by atoms with Gasteiger partial charge in [-0.3, -0.25) is 4.57 Å². The fraction of sp³-hybridized carbons (Fsp3) is 0.500. The van der Waals surface area contributed by atoms with E-state index in [1.165, 1.54) is 19.3 Å². The second-order valence-electron chi connectivity index (χ2n) is 5.25. The van der Waals surface area contributed by atoms with Gasteiger partial charge < -0.3 is 10.6 Å². The average molecular weight is 257 g/mol. The maximum atomic E-state index is 5.81. The number of anilines is 2. The second-order valence-corrected chi connectivity index (χ2v) is 5.25. The van der Waals surface area contributed by atoms with Crippen molar-refractivity contribution in [2.24, 2.45) is 5.92 Å². The van der Waals surface area contributed by atoms with Gasteiger partial charge in [-0.25, -0.2) is 4.98 Å². The van der Waals surface area contributed by atoms with Crippen molar-refractivity contribution in [1.82, 2.24) is 24.5 Å². The molecular formula is C12H15N7. The molecule has 1 aliphatic heterocycles. The van der Waals surface area contributed by atoms with Crippen LogP contribution in [0, 0.1) is 5.92 Å². The maximum absolute atomic E-state index is 5.81. The third-order valence-corrected chi connectivity index (χ3v) is 4.03. The van der Waals surface area contributed by atoms with Crippen molar-refractivity contribution in [2.75, 3.05) is 17.2 Å². The van der Waals surface area contributed by atoms with Crippen LogP contribution in [0.5, 0.6) is 0 Å². The molecule has 7 heteroatoms. The zero-order valence-electron chi connectivity index (χ0n) is 10.5. The van der Waals surface area contributed by atoms with E-state index in [0.717, 1.165) is 12.5 Å². The van der Waals surface area contributed by atoms with Crippen LogP contribution in [-0.2, 0) is 0 Å². The van der Waals surface area contributed by atoms with Gasteiger partial charge in [0.05, 0.1) is 0 Å². The molecule has 2 aliphatic rings. The van der Waals surface area contributed by atoms with E-state index in [9.17, 15) is 0 Å². The minimum absolute atomic E-state index is 0.261. The van der Waals surface area contributed by atoms with E-state index in [0.29, 0.717) is 17.9 Å². The largest absolute Gasteiger partial charge is 0.368 e. The van der Waals surface area contributed by atoms with Crippen LogP contribution in [0.3, 0.4) is 0 Å². The lowest BCUT2D eigenvalue weighted by atomic mass is 10.1. The Morgan fingerprint density at radius 3 is 2.74 bits per heavy atom. The topological polar surface area (TPSA) is 85.8 Å². The van der Waals surface area contributed by atoms with Crippen molar-refractivity contribution < 1.29 is 0 Å². The Morgan fingerprint density at radius 1 is 1.16 bits per heavy atom. The Kier molecular flexibility index (Phi) is 2.20. The van der Waals surface area contributed by atoms with Gasteiger partial charge in [-0.05, 0) is 25.2 Å². The summed E-state index contributed by atoms with van der Waals surface area (Å²) >= 11 is 0. The number of hydrogen-bond donors (Lipinski definition) is 1. The molecule has 1 saturated carbocycles. The number of nitrogens with two attached hydrogens (primary N) is 1. The van der Waals surface area contributed by atoms with Gasteiger partial charge in [0.15, 0.2) is 0 Å². The molecule has 4 rings (SSSR count). The Morgan fingerprint density at radius 2 is 2.05 bits per heavy atom. The minimum atomic E-state index is 0.261. The van der Waals surface area contributed by atoms with Crippen LogP contribution in [0.15, 0.2) is 18.7 Å². The van der Waals surface area contributed by atoms with E-state index in [2.05, 4.69) is 24.8 Å². The molecule has 2 fully saturated rings. The highest BCUT2D eigenvalue weighted by atomic mass is 15.4. The van der Waals surface area contributed by atoms with E-state index in [4.69, 9.17) is 5.73 Å². The SMILES string of the molecule is Nc1nc(N2CC3CCC2C3)nc(-n2ccnc2)n1. The summed E-state index contributed by atoms with van der Waals surface area (Å²) in [6.45, 7) is 1.04. The standard InChI is InChI=1S/C12H15N7/c13-10-15-11(18-4-3-14-7-18)17-12(16-10)19-6-8-1-2-9(19)5-8/h3-4,7-9H,1-2,5-6H2,(H2,13,15,16,17). The minimum Gasteiger partial charge on any atom is -0.368 e. The van der Waals surface area contributed by atoms with Gasteiger partial charge in [0.1, 0.15) is 6.33 Å². The summed E-state index contributed by atoms with van der Waals surface area (Å²) in [6.07, 6.45) is 8.97. The monoisotopic (exact) mass is 257 g/mol. The smallest absolute Gasteiger partial charge is 0.241 e. The fourth-order valence-corrected chi connectivity index (χ4v) is 3.16.